The highest BCUT2D eigenvalue weighted by Crippen LogP contribution is 2.55. The number of hydrogen-bond donors (Lipinski definition) is 1. The minimum Gasteiger partial charge on any atom is -0.309 e. The fraction of sp³-hybridized carbons (Fsp3) is 0.375. The van der Waals surface area contributed by atoms with Gasteiger partial charge in [-0.15, -0.1) is 11.3 Å². The van der Waals surface area contributed by atoms with Crippen LogP contribution in [0.15, 0.2) is 34.8 Å². The van der Waals surface area contributed by atoms with Crippen LogP contribution in [0, 0.1) is 0 Å². The Morgan fingerprint density at radius 1 is 1.32 bits per heavy atom. The quantitative estimate of drug-likeness (QED) is 0.784. The molecule has 98 valence electrons. The molecule has 1 spiro atoms. The summed E-state index contributed by atoms with van der Waals surface area (Å²) >= 11 is 5.64. The van der Waals surface area contributed by atoms with Gasteiger partial charge >= 0.3 is 0 Å². The van der Waals surface area contributed by atoms with E-state index in [-0.39, 0.29) is 0 Å². The van der Waals surface area contributed by atoms with Gasteiger partial charge in [0, 0.05) is 37.8 Å². The molecule has 1 atom stereocenters. The number of benzene rings is 1. The lowest BCUT2D eigenvalue weighted by molar-refractivity contribution is 0.475. The molecule has 1 N–H and O–H groups in total. The van der Waals surface area contributed by atoms with Gasteiger partial charge in [-0.25, -0.2) is 0 Å². The first-order chi connectivity index (χ1) is 9.20. The number of nitrogens with one attached hydrogen (secondary N) is 1. The molecule has 3 heteroatoms. The van der Waals surface area contributed by atoms with Crippen molar-refractivity contribution in [3.8, 4) is 10.4 Å². The van der Waals surface area contributed by atoms with Crippen LogP contribution in [0.4, 0.5) is 0 Å². The molecule has 1 fully saturated rings. The third kappa shape index (κ3) is 1.83. The smallest absolute Gasteiger partial charge is 0.0389 e. The van der Waals surface area contributed by atoms with E-state index in [1.807, 2.05) is 11.3 Å². The van der Waals surface area contributed by atoms with E-state index in [0.29, 0.717) is 11.5 Å². The van der Waals surface area contributed by atoms with Crippen molar-refractivity contribution < 1.29 is 0 Å². The Balaban J connectivity index is 1.86. The third-order valence-corrected chi connectivity index (χ3v) is 6.51. The Bertz CT molecular complexity index is 642. The lowest BCUT2D eigenvalue weighted by Crippen LogP contribution is -2.34. The molecule has 1 nitrogen and oxygen atoms in total. The first-order valence-corrected chi connectivity index (χ1v) is 8.43. The summed E-state index contributed by atoms with van der Waals surface area (Å²) in [6.45, 7) is 3.45. The van der Waals surface area contributed by atoms with Crippen molar-refractivity contribution in [1.82, 2.24) is 5.32 Å². The number of rotatable bonds is 1. The van der Waals surface area contributed by atoms with Crippen LogP contribution in [-0.2, 0) is 5.41 Å². The van der Waals surface area contributed by atoms with Crippen LogP contribution < -0.4 is 5.32 Å². The van der Waals surface area contributed by atoms with E-state index in [9.17, 15) is 0 Å². The maximum absolute atomic E-state index is 3.68. The average Bonchev–Trinajstić information content (AvgIpc) is 3.04. The number of fused-ring (bicyclic) bond motifs is 2. The second kappa shape index (κ2) is 4.18. The first-order valence-electron chi connectivity index (χ1n) is 6.82. The summed E-state index contributed by atoms with van der Waals surface area (Å²) in [6.07, 6.45) is 2.71. The Morgan fingerprint density at radius 2 is 2.11 bits per heavy atom. The van der Waals surface area contributed by atoms with Crippen molar-refractivity contribution in [2.24, 2.45) is 0 Å². The molecule has 0 saturated heterocycles. The molecule has 0 bridgehead atoms. The molecular weight excluding hydrogens is 318 g/mol. The molecule has 1 aromatic carbocycles. The van der Waals surface area contributed by atoms with Crippen molar-refractivity contribution in [2.45, 2.75) is 31.2 Å². The number of thiophene rings is 1. The third-order valence-electron chi connectivity index (χ3n) is 4.46. The van der Waals surface area contributed by atoms with Crippen molar-refractivity contribution in [1.29, 1.82) is 0 Å². The van der Waals surface area contributed by atoms with Gasteiger partial charge in [0.05, 0.1) is 0 Å². The summed E-state index contributed by atoms with van der Waals surface area (Å²) < 4.78 is 1.19. The summed E-state index contributed by atoms with van der Waals surface area (Å²) in [5, 5.41) is 3.67. The van der Waals surface area contributed by atoms with Gasteiger partial charge in [-0.3, -0.25) is 0 Å². The summed E-state index contributed by atoms with van der Waals surface area (Å²) in [6, 6.07) is 11.5. The minimum absolute atomic E-state index is 0.470. The highest BCUT2D eigenvalue weighted by atomic mass is 79.9. The Hall–Kier alpha value is -0.640. The summed E-state index contributed by atoms with van der Waals surface area (Å²) in [5.41, 5.74) is 3.41. The van der Waals surface area contributed by atoms with Gasteiger partial charge in [-0.1, -0.05) is 34.1 Å². The van der Waals surface area contributed by atoms with E-state index in [0.717, 1.165) is 6.54 Å². The normalized spacial score (nSPS) is 23.4. The highest BCUT2D eigenvalue weighted by Gasteiger charge is 2.49. The minimum atomic E-state index is 0.470. The zero-order valence-electron chi connectivity index (χ0n) is 10.9. The van der Waals surface area contributed by atoms with Gasteiger partial charge in [0.15, 0.2) is 0 Å². The summed E-state index contributed by atoms with van der Waals surface area (Å²) in [5.74, 6) is 0. The van der Waals surface area contributed by atoms with Crippen LogP contribution in [0.2, 0.25) is 0 Å². The molecule has 1 unspecified atom stereocenters. The van der Waals surface area contributed by atoms with E-state index < -0.39 is 0 Å². The van der Waals surface area contributed by atoms with Gasteiger partial charge < -0.3 is 5.32 Å². The predicted octanol–water partition coefficient (Wildman–Crippen LogP) is 4.87. The summed E-state index contributed by atoms with van der Waals surface area (Å²) in [7, 11) is 0. The Labute approximate surface area is 126 Å². The molecule has 2 heterocycles. The molecule has 1 aromatic heterocycles. The molecule has 1 aliphatic carbocycles. The topological polar surface area (TPSA) is 12.0 Å². The van der Waals surface area contributed by atoms with Crippen molar-refractivity contribution in [2.75, 3.05) is 6.54 Å². The first kappa shape index (κ1) is 12.1. The molecule has 4 rings (SSSR count). The fourth-order valence-corrected chi connectivity index (χ4v) is 5.05. The number of halogens is 1. The van der Waals surface area contributed by atoms with Crippen molar-refractivity contribution in [3.05, 3.63) is 45.2 Å². The maximum atomic E-state index is 3.68. The molecular formula is C16H16BrNS. The predicted molar refractivity (Wildman–Crippen MR) is 84.8 cm³/mol. The Kier molecular flexibility index (Phi) is 2.66. The Morgan fingerprint density at radius 3 is 2.84 bits per heavy atom. The van der Waals surface area contributed by atoms with E-state index in [1.165, 1.54) is 27.8 Å². The second-order valence-corrected chi connectivity index (χ2v) is 7.69. The largest absolute Gasteiger partial charge is 0.309 e. The molecule has 0 radical (unpaired) electrons. The van der Waals surface area contributed by atoms with E-state index in [2.05, 4.69) is 58.5 Å². The van der Waals surface area contributed by atoms with E-state index in [1.54, 1.807) is 10.4 Å². The molecule has 1 saturated carbocycles. The molecule has 2 aromatic rings. The molecule has 1 aliphatic heterocycles. The van der Waals surface area contributed by atoms with Gasteiger partial charge in [-0.05, 0) is 37.5 Å². The SMILES string of the molecule is CC1NCC2(CC2)c2cc(-c3ccccc3Br)sc21. The van der Waals surface area contributed by atoms with Crippen LogP contribution >= 0.6 is 27.3 Å². The monoisotopic (exact) mass is 333 g/mol. The lowest BCUT2D eigenvalue weighted by Gasteiger charge is -2.27. The van der Waals surface area contributed by atoms with Crippen molar-refractivity contribution >= 4 is 27.3 Å². The number of hydrogen-bond acceptors (Lipinski definition) is 2. The zero-order chi connectivity index (χ0) is 13.0. The van der Waals surface area contributed by atoms with Crippen LogP contribution in [-0.4, -0.2) is 6.54 Å². The van der Waals surface area contributed by atoms with Gasteiger partial charge in [0.25, 0.3) is 0 Å². The maximum Gasteiger partial charge on any atom is 0.0389 e. The highest BCUT2D eigenvalue weighted by molar-refractivity contribution is 9.10. The average molecular weight is 334 g/mol. The van der Waals surface area contributed by atoms with Crippen LogP contribution in [0.3, 0.4) is 0 Å². The van der Waals surface area contributed by atoms with E-state index in [4.69, 9.17) is 0 Å². The van der Waals surface area contributed by atoms with Crippen molar-refractivity contribution in [3.63, 3.8) is 0 Å². The zero-order valence-corrected chi connectivity index (χ0v) is 13.3. The molecule has 19 heavy (non-hydrogen) atoms. The van der Waals surface area contributed by atoms with E-state index >= 15 is 0 Å². The lowest BCUT2D eigenvalue weighted by atomic mass is 9.90. The van der Waals surface area contributed by atoms with Gasteiger partial charge in [0.2, 0.25) is 0 Å². The fourth-order valence-electron chi connectivity index (χ4n) is 3.07. The van der Waals surface area contributed by atoms with Crippen LogP contribution in [0.1, 0.15) is 36.2 Å². The van der Waals surface area contributed by atoms with Crippen LogP contribution in [0.25, 0.3) is 10.4 Å². The molecule has 2 aliphatic rings. The van der Waals surface area contributed by atoms with Gasteiger partial charge in [0.1, 0.15) is 0 Å². The molecule has 0 amide bonds. The van der Waals surface area contributed by atoms with Gasteiger partial charge in [-0.2, -0.15) is 0 Å². The van der Waals surface area contributed by atoms with Crippen LogP contribution in [0.5, 0.6) is 0 Å². The standard InChI is InChI=1S/C16H16BrNS/c1-10-15-12(16(6-7-16)9-18-10)8-14(19-15)11-4-2-3-5-13(11)17/h2-5,8,10,18H,6-7,9H2,1H3. The second-order valence-electron chi connectivity index (χ2n) is 5.75. The summed E-state index contributed by atoms with van der Waals surface area (Å²) in [4.78, 5) is 2.95.